The lowest BCUT2D eigenvalue weighted by Gasteiger charge is -2.36. The van der Waals surface area contributed by atoms with Crippen molar-refractivity contribution in [1.29, 1.82) is 0 Å². The van der Waals surface area contributed by atoms with Crippen molar-refractivity contribution in [3.63, 3.8) is 0 Å². The number of thiol groups is 1. The third kappa shape index (κ3) is 2.90. The summed E-state index contributed by atoms with van der Waals surface area (Å²) in [5, 5.41) is 0. The number of rotatable bonds is 7. The highest BCUT2D eigenvalue weighted by Crippen LogP contribution is 2.34. The average Bonchev–Trinajstić information content (AvgIpc) is 3.05. The zero-order valence-electron chi connectivity index (χ0n) is 9.92. The highest BCUT2D eigenvalue weighted by molar-refractivity contribution is 7.80. The van der Waals surface area contributed by atoms with E-state index in [9.17, 15) is 0 Å². The molecular weight excluding hydrogens is 190 g/mol. The van der Waals surface area contributed by atoms with E-state index in [0.717, 1.165) is 11.8 Å². The largest absolute Gasteiger partial charge is 0.300 e. The van der Waals surface area contributed by atoms with Crippen molar-refractivity contribution >= 4 is 12.6 Å². The molecule has 1 rings (SSSR count). The number of hydrogen-bond donors (Lipinski definition) is 1. The first-order valence-electron chi connectivity index (χ1n) is 6.06. The quantitative estimate of drug-likeness (QED) is 0.638. The van der Waals surface area contributed by atoms with Gasteiger partial charge >= 0.3 is 0 Å². The molecule has 1 aliphatic carbocycles. The molecule has 0 bridgehead atoms. The van der Waals surface area contributed by atoms with Gasteiger partial charge in [0.05, 0.1) is 0 Å². The van der Waals surface area contributed by atoms with E-state index >= 15 is 0 Å². The van der Waals surface area contributed by atoms with Gasteiger partial charge in [0, 0.05) is 12.6 Å². The summed E-state index contributed by atoms with van der Waals surface area (Å²) < 4.78 is 0. The molecule has 0 atom stereocenters. The summed E-state index contributed by atoms with van der Waals surface area (Å²) in [6.07, 6.45) is 5.36. The van der Waals surface area contributed by atoms with Crippen LogP contribution >= 0.6 is 12.6 Å². The van der Waals surface area contributed by atoms with Crippen LogP contribution in [-0.4, -0.2) is 29.8 Å². The van der Waals surface area contributed by atoms with Crippen LogP contribution < -0.4 is 0 Å². The molecule has 0 heterocycles. The average molecular weight is 215 g/mol. The summed E-state index contributed by atoms with van der Waals surface area (Å²) >= 11 is 4.54. The molecule has 0 aromatic heterocycles. The van der Waals surface area contributed by atoms with Crippen molar-refractivity contribution < 1.29 is 0 Å². The van der Waals surface area contributed by atoms with Gasteiger partial charge in [-0.2, -0.15) is 12.6 Å². The number of nitrogens with zero attached hydrogens (tertiary/aromatic N) is 1. The predicted octanol–water partition coefficient (Wildman–Crippen LogP) is 3.21. The normalized spacial score (nSPS) is 17.8. The molecule has 0 N–H and O–H groups in total. The topological polar surface area (TPSA) is 3.24 Å². The Morgan fingerprint density at radius 1 is 1.21 bits per heavy atom. The van der Waals surface area contributed by atoms with Crippen LogP contribution in [0.15, 0.2) is 0 Å². The van der Waals surface area contributed by atoms with Crippen LogP contribution in [0.1, 0.15) is 46.5 Å². The van der Waals surface area contributed by atoms with E-state index in [4.69, 9.17) is 0 Å². The Kier molecular flexibility index (Phi) is 4.78. The molecule has 0 saturated heterocycles. The molecule has 0 unspecified atom stereocenters. The second kappa shape index (κ2) is 5.41. The molecule has 1 saturated carbocycles. The highest BCUT2D eigenvalue weighted by Gasteiger charge is 2.34. The van der Waals surface area contributed by atoms with Gasteiger partial charge in [-0.3, -0.25) is 0 Å². The highest BCUT2D eigenvalue weighted by atomic mass is 32.1. The lowest BCUT2D eigenvalue weighted by molar-refractivity contribution is 0.157. The van der Waals surface area contributed by atoms with Crippen LogP contribution in [0.2, 0.25) is 0 Å². The van der Waals surface area contributed by atoms with E-state index in [1.54, 1.807) is 0 Å². The summed E-state index contributed by atoms with van der Waals surface area (Å²) in [5.41, 5.74) is 0.460. The van der Waals surface area contributed by atoms with Crippen LogP contribution in [0.5, 0.6) is 0 Å². The van der Waals surface area contributed by atoms with Gasteiger partial charge in [0.2, 0.25) is 0 Å². The summed E-state index contributed by atoms with van der Waals surface area (Å²) in [6.45, 7) is 9.36. The SMILES string of the molecule is CCN(CC(CC)(CC)CS)C1CC1. The zero-order chi connectivity index (χ0) is 10.6. The molecule has 0 aromatic rings. The van der Waals surface area contributed by atoms with Crippen molar-refractivity contribution in [1.82, 2.24) is 4.90 Å². The van der Waals surface area contributed by atoms with Gasteiger partial charge in [0.1, 0.15) is 0 Å². The molecule has 0 aliphatic heterocycles. The van der Waals surface area contributed by atoms with Crippen molar-refractivity contribution in [2.45, 2.75) is 52.5 Å². The maximum atomic E-state index is 4.54. The van der Waals surface area contributed by atoms with Crippen molar-refractivity contribution in [2.75, 3.05) is 18.8 Å². The Labute approximate surface area is 94.7 Å². The van der Waals surface area contributed by atoms with Gasteiger partial charge in [-0.1, -0.05) is 20.8 Å². The Morgan fingerprint density at radius 3 is 2.07 bits per heavy atom. The van der Waals surface area contributed by atoms with Crippen LogP contribution in [0.4, 0.5) is 0 Å². The first-order valence-corrected chi connectivity index (χ1v) is 6.69. The minimum Gasteiger partial charge on any atom is -0.300 e. The number of hydrogen-bond acceptors (Lipinski definition) is 2. The van der Waals surface area contributed by atoms with Crippen molar-refractivity contribution in [2.24, 2.45) is 5.41 Å². The first-order chi connectivity index (χ1) is 6.71. The van der Waals surface area contributed by atoms with E-state index in [1.807, 2.05) is 0 Å². The van der Waals surface area contributed by atoms with Crippen LogP contribution in [0.25, 0.3) is 0 Å². The van der Waals surface area contributed by atoms with Crippen LogP contribution in [0.3, 0.4) is 0 Å². The summed E-state index contributed by atoms with van der Waals surface area (Å²) in [4.78, 5) is 2.66. The standard InChI is InChI=1S/C12H25NS/c1-4-12(5-2,10-14)9-13(6-3)11-7-8-11/h11,14H,4-10H2,1-3H3. The van der Waals surface area contributed by atoms with Crippen LogP contribution in [-0.2, 0) is 0 Å². The fraction of sp³-hybridized carbons (Fsp3) is 1.00. The Hall–Kier alpha value is 0.310. The smallest absolute Gasteiger partial charge is 0.00965 e. The fourth-order valence-corrected chi connectivity index (χ4v) is 2.66. The minimum atomic E-state index is 0.460. The Balaban J connectivity index is 2.51. The predicted molar refractivity (Wildman–Crippen MR) is 67.1 cm³/mol. The van der Waals surface area contributed by atoms with Gasteiger partial charge in [0.15, 0.2) is 0 Å². The van der Waals surface area contributed by atoms with Crippen molar-refractivity contribution in [3.8, 4) is 0 Å². The van der Waals surface area contributed by atoms with Gasteiger partial charge in [-0.25, -0.2) is 0 Å². The van der Waals surface area contributed by atoms with Crippen molar-refractivity contribution in [3.05, 3.63) is 0 Å². The summed E-state index contributed by atoms with van der Waals surface area (Å²) in [6, 6.07) is 0.900. The Bertz CT molecular complexity index is 153. The molecular formula is C12H25NS. The van der Waals surface area contributed by atoms with E-state index in [0.29, 0.717) is 5.41 Å². The van der Waals surface area contributed by atoms with E-state index < -0.39 is 0 Å². The molecule has 0 aromatic carbocycles. The molecule has 14 heavy (non-hydrogen) atoms. The third-order valence-electron chi connectivity index (χ3n) is 3.84. The lowest BCUT2D eigenvalue weighted by Crippen LogP contribution is -2.39. The fourth-order valence-electron chi connectivity index (χ4n) is 2.12. The summed E-state index contributed by atoms with van der Waals surface area (Å²) in [5.74, 6) is 1.03. The summed E-state index contributed by atoms with van der Waals surface area (Å²) in [7, 11) is 0. The molecule has 0 spiro atoms. The van der Waals surface area contributed by atoms with Gasteiger partial charge in [-0.15, -0.1) is 0 Å². The minimum absolute atomic E-state index is 0.460. The molecule has 84 valence electrons. The third-order valence-corrected chi connectivity index (χ3v) is 4.51. The first kappa shape index (κ1) is 12.4. The van der Waals surface area contributed by atoms with E-state index in [-0.39, 0.29) is 0 Å². The van der Waals surface area contributed by atoms with E-state index in [1.165, 1.54) is 38.8 Å². The maximum Gasteiger partial charge on any atom is 0.00965 e. The molecule has 0 radical (unpaired) electrons. The Morgan fingerprint density at radius 2 is 1.79 bits per heavy atom. The van der Waals surface area contributed by atoms with Gasteiger partial charge in [-0.05, 0) is 43.4 Å². The maximum absolute atomic E-state index is 4.54. The van der Waals surface area contributed by atoms with Gasteiger partial charge in [0.25, 0.3) is 0 Å². The second-order valence-electron chi connectivity index (χ2n) is 4.66. The van der Waals surface area contributed by atoms with E-state index in [2.05, 4.69) is 38.3 Å². The van der Waals surface area contributed by atoms with Crippen LogP contribution in [0, 0.1) is 5.41 Å². The zero-order valence-corrected chi connectivity index (χ0v) is 10.8. The molecule has 1 fully saturated rings. The second-order valence-corrected chi connectivity index (χ2v) is 4.98. The molecule has 1 aliphatic rings. The molecule has 2 heteroatoms. The lowest BCUT2D eigenvalue weighted by atomic mass is 9.84. The monoisotopic (exact) mass is 215 g/mol. The molecule has 0 amide bonds. The molecule has 1 nitrogen and oxygen atoms in total. The van der Waals surface area contributed by atoms with Gasteiger partial charge < -0.3 is 4.90 Å².